The van der Waals surface area contributed by atoms with Crippen LogP contribution in [-0.2, 0) is 0 Å². The maximum Gasteiger partial charge on any atom is 0.272 e. The molecule has 0 aliphatic carbocycles. The number of hydrogen-bond donors (Lipinski definition) is 1. The summed E-state index contributed by atoms with van der Waals surface area (Å²) in [6.07, 6.45) is 3.12. The zero-order valence-electron chi connectivity index (χ0n) is 9.02. The second kappa shape index (κ2) is 5.03. The number of alkyl halides is 2. The van der Waals surface area contributed by atoms with Gasteiger partial charge in [0.1, 0.15) is 0 Å². The van der Waals surface area contributed by atoms with Gasteiger partial charge in [-0.25, -0.2) is 8.78 Å². The first-order valence-corrected chi connectivity index (χ1v) is 5.35. The van der Waals surface area contributed by atoms with Crippen LogP contribution in [0.1, 0.15) is 26.2 Å². The Morgan fingerprint density at radius 1 is 1.50 bits per heavy atom. The highest BCUT2D eigenvalue weighted by Crippen LogP contribution is 2.24. The quantitative estimate of drug-likeness (QED) is 0.736. The van der Waals surface area contributed by atoms with E-state index in [0.717, 1.165) is 25.8 Å². The second-order valence-electron chi connectivity index (χ2n) is 4.06. The Morgan fingerprint density at radius 3 is 2.79 bits per heavy atom. The lowest BCUT2D eigenvalue weighted by atomic mass is 10.1. The van der Waals surface area contributed by atoms with Crippen LogP contribution in [0.3, 0.4) is 0 Å². The summed E-state index contributed by atoms with van der Waals surface area (Å²) in [5.41, 5.74) is 0. The van der Waals surface area contributed by atoms with Crippen molar-refractivity contribution in [1.82, 2.24) is 10.2 Å². The maximum absolute atomic E-state index is 13.3. The Balaban J connectivity index is 2.42. The maximum atomic E-state index is 13.3. The molecule has 0 amide bonds. The molecule has 84 valence electrons. The fourth-order valence-corrected chi connectivity index (χ4v) is 2.18. The fraction of sp³-hybridized carbons (Fsp3) is 1.00. The molecule has 1 atom stereocenters. The van der Waals surface area contributed by atoms with Crippen molar-refractivity contribution in [3.8, 4) is 0 Å². The van der Waals surface area contributed by atoms with Gasteiger partial charge >= 0.3 is 0 Å². The lowest BCUT2D eigenvalue weighted by Gasteiger charge is -2.27. The molecule has 1 unspecified atom stereocenters. The smallest absolute Gasteiger partial charge is 0.272 e. The molecule has 0 aromatic rings. The minimum atomic E-state index is -2.59. The standard InChI is InChI=1S/C10H20F2N2/c1-3-9-5-4-6-14(9)8-10(11,12)7-13-2/h9,13H,3-8H2,1-2H3. The summed E-state index contributed by atoms with van der Waals surface area (Å²) in [5.74, 6) is -2.59. The topological polar surface area (TPSA) is 15.3 Å². The van der Waals surface area contributed by atoms with Crippen LogP contribution in [0.4, 0.5) is 8.78 Å². The molecular weight excluding hydrogens is 186 g/mol. The first kappa shape index (κ1) is 11.9. The molecule has 1 aliphatic rings. The number of rotatable bonds is 5. The number of hydrogen-bond acceptors (Lipinski definition) is 2. The first-order valence-electron chi connectivity index (χ1n) is 5.35. The lowest BCUT2D eigenvalue weighted by molar-refractivity contribution is -0.0323. The van der Waals surface area contributed by atoms with Crippen LogP contribution in [0.15, 0.2) is 0 Å². The molecule has 1 saturated heterocycles. The summed E-state index contributed by atoms with van der Waals surface area (Å²) < 4.78 is 26.6. The number of likely N-dealkylation sites (tertiary alicyclic amines) is 1. The van der Waals surface area contributed by atoms with E-state index in [4.69, 9.17) is 0 Å². The Hall–Kier alpha value is -0.220. The summed E-state index contributed by atoms with van der Waals surface area (Å²) in [6.45, 7) is 2.59. The predicted octanol–water partition coefficient (Wildman–Crippen LogP) is 1.72. The van der Waals surface area contributed by atoms with Crippen molar-refractivity contribution in [2.24, 2.45) is 0 Å². The molecule has 0 radical (unpaired) electrons. The van der Waals surface area contributed by atoms with E-state index in [0.29, 0.717) is 6.04 Å². The fourth-order valence-electron chi connectivity index (χ4n) is 2.18. The van der Waals surface area contributed by atoms with E-state index in [9.17, 15) is 8.78 Å². The van der Waals surface area contributed by atoms with Gasteiger partial charge in [0, 0.05) is 6.04 Å². The van der Waals surface area contributed by atoms with E-state index < -0.39 is 5.92 Å². The van der Waals surface area contributed by atoms with Crippen LogP contribution in [0.5, 0.6) is 0 Å². The summed E-state index contributed by atoms with van der Waals surface area (Å²) >= 11 is 0. The van der Waals surface area contributed by atoms with Gasteiger partial charge in [-0.05, 0) is 32.9 Å². The van der Waals surface area contributed by atoms with E-state index in [-0.39, 0.29) is 13.1 Å². The summed E-state index contributed by atoms with van der Waals surface area (Å²) in [4.78, 5) is 1.93. The van der Waals surface area contributed by atoms with Crippen LogP contribution < -0.4 is 5.32 Å². The Labute approximate surface area is 84.7 Å². The monoisotopic (exact) mass is 206 g/mol. The van der Waals surface area contributed by atoms with Crippen molar-refractivity contribution in [1.29, 1.82) is 0 Å². The average molecular weight is 206 g/mol. The van der Waals surface area contributed by atoms with Crippen molar-refractivity contribution >= 4 is 0 Å². The van der Waals surface area contributed by atoms with Crippen LogP contribution in [0.25, 0.3) is 0 Å². The van der Waals surface area contributed by atoms with Gasteiger partial charge in [0.25, 0.3) is 5.92 Å². The Bertz CT molecular complexity index is 174. The second-order valence-corrected chi connectivity index (χ2v) is 4.06. The highest BCUT2D eigenvalue weighted by molar-refractivity contribution is 4.83. The number of nitrogens with one attached hydrogen (secondary N) is 1. The van der Waals surface area contributed by atoms with Gasteiger partial charge in [-0.3, -0.25) is 4.90 Å². The molecule has 1 aliphatic heterocycles. The minimum Gasteiger partial charge on any atom is -0.314 e. The molecule has 1 rings (SSSR count). The highest BCUT2D eigenvalue weighted by Gasteiger charge is 2.34. The number of halogens is 2. The molecule has 0 aromatic carbocycles. The van der Waals surface area contributed by atoms with E-state index in [1.54, 1.807) is 7.05 Å². The van der Waals surface area contributed by atoms with Crippen LogP contribution in [-0.4, -0.2) is 43.5 Å². The predicted molar refractivity (Wildman–Crippen MR) is 53.8 cm³/mol. The van der Waals surface area contributed by atoms with Gasteiger partial charge < -0.3 is 5.32 Å². The van der Waals surface area contributed by atoms with Gasteiger partial charge in [0.15, 0.2) is 0 Å². The molecule has 4 heteroatoms. The average Bonchev–Trinajstić information content (AvgIpc) is 2.50. The zero-order chi connectivity index (χ0) is 10.6. The molecule has 14 heavy (non-hydrogen) atoms. The normalized spacial score (nSPS) is 24.4. The van der Waals surface area contributed by atoms with E-state index in [1.165, 1.54) is 0 Å². The van der Waals surface area contributed by atoms with Crippen molar-refractivity contribution in [3.63, 3.8) is 0 Å². The van der Waals surface area contributed by atoms with E-state index in [1.807, 2.05) is 4.90 Å². The Kier molecular flexibility index (Phi) is 4.26. The molecule has 1 N–H and O–H groups in total. The third-order valence-electron chi connectivity index (χ3n) is 2.84. The molecule has 1 heterocycles. The molecule has 1 fully saturated rings. The SMILES string of the molecule is CCC1CCCN1CC(F)(F)CNC. The van der Waals surface area contributed by atoms with Crippen molar-refractivity contribution < 1.29 is 8.78 Å². The zero-order valence-corrected chi connectivity index (χ0v) is 9.02. The lowest BCUT2D eigenvalue weighted by Crippen LogP contribution is -2.44. The van der Waals surface area contributed by atoms with Crippen molar-refractivity contribution in [2.45, 2.75) is 38.2 Å². The molecule has 0 aromatic heterocycles. The number of nitrogens with zero attached hydrogens (tertiary/aromatic N) is 1. The summed E-state index contributed by atoms with van der Waals surface area (Å²) in [5, 5.41) is 2.54. The Morgan fingerprint density at radius 2 is 2.21 bits per heavy atom. The van der Waals surface area contributed by atoms with Gasteiger partial charge in [-0.1, -0.05) is 6.92 Å². The molecule has 0 spiro atoms. The molecule has 0 saturated carbocycles. The highest BCUT2D eigenvalue weighted by atomic mass is 19.3. The van der Waals surface area contributed by atoms with E-state index in [2.05, 4.69) is 12.2 Å². The van der Waals surface area contributed by atoms with Crippen LogP contribution in [0.2, 0.25) is 0 Å². The van der Waals surface area contributed by atoms with Gasteiger partial charge in [0.05, 0.1) is 13.1 Å². The largest absolute Gasteiger partial charge is 0.314 e. The van der Waals surface area contributed by atoms with Gasteiger partial charge in [-0.2, -0.15) is 0 Å². The van der Waals surface area contributed by atoms with Crippen molar-refractivity contribution in [3.05, 3.63) is 0 Å². The molecule has 0 bridgehead atoms. The van der Waals surface area contributed by atoms with Crippen LogP contribution in [0, 0.1) is 0 Å². The van der Waals surface area contributed by atoms with Gasteiger partial charge in [-0.15, -0.1) is 0 Å². The summed E-state index contributed by atoms with van der Waals surface area (Å²) in [6, 6.07) is 0.373. The third kappa shape index (κ3) is 3.17. The first-order chi connectivity index (χ1) is 6.59. The molecular formula is C10H20F2N2. The summed E-state index contributed by atoms with van der Waals surface area (Å²) in [7, 11) is 1.56. The minimum absolute atomic E-state index is 0.0909. The molecule has 2 nitrogen and oxygen atoms in total. The van der Waals surface area contributed by atoms with Gasteiger partial charge in [0.2, 0.25) is 0 Å². The van der Waals surface area contributed by atoms with E-state index >= 15 is 0 Å². The van der Waals surface area contributed by atoms with Crippen LogP contribution >= 0.6 is 0 Å². The van der Waals surface area contributed by atoms with Crippen molar-refractivity contribution in [2.75, 3.05) is 26.7 Å². The third-order valence-corrected chi connectivity index (χ3v) is 2.84.